The molecule has 5 nitrogen and oxygen atoms in total. The Balaban J connectivity index is 1.84. The monoisotopic (exact) mass is 277 g/mol. The molecule has 19 heavy (non-hydrogen) atoms. The van der Waals surface area contributed by atoms with Crippen molar-refractivity contribution < 1.29 is 0 Å². The van der Waals surface area contributed by atoms with Crippen LogP contribution >= 0.6 is 11.6 Å². The molecule has 2 aromatic rings. The summed E-state index contributed by atoms with van der Waals surface area (Å²) in [5.74, 6) is 1.38. The Hall–Kier alpha value is -1.46. The van der Waals surface area contributed by atoms with Gasteiger partial charge >= 0.3 is 0 Å². The van der Waals surface area contributed by atoms with Crippen molar-refractivity contribution in [3.63, 3.8) is 0 Å². The van der Waals surface area contributed by atoms with Crippen LogP contribution in [0.4, 0.5) is 0 Å². The highest BCUT2D eigenvalue weighted by Gasteiger charge is 2.18. The fourth-order valence-corrected chi connectivity index (χ4v) is 2.69. The van der Waals surface area contributed by atoms with Crippen LogP contribution in [0.25, 0.3) is 11.4 Å². The van der Waals surface area contributed by atoms with Crippen LogP contribution in [0, 0.1) is 5.92 Å². The van der Waals surface area contributed by atoms with E-state index < -0.39 is 0 Å². The van der Waals surface area contributed by atoms with Gasteiger partial charge < -0.3 is 5.32 Å². The van der Waals surface area contributed by atoms with Crippen molar-refractivity contribution in [1.29, 1.82) is 0 Å². The lowest BCUT2D eigenvalue weighted by Gasteiger charge is -2.22. The van der Waals surface area contributed by atoms with Crippen molar-refractivity contribution in [3.05, 3.63) is 29.3 Å². The first-order valence-corrected chi connectivity index (χ1v) is 6.94. The van der Waals surface area contributed by atoms with Gasteiger partial charge in [0, 0.05) is 12.1 Å². The fraction of sp³-hybridized carbons (Fsp3) is 0.462. The first-order chi connectivity index (χ1) is 9.34. The first-order valence-electron chi connectivity index (χ1n) is 6.56. The summed E-state index contributed by atoms with van der Waals surface area (Å²) < 4.78 is 1.87. The second-order valence-corrected chi connectivity index (χ2v) is 5.27. The molecule has 0 unspecified atom stereocenters. The Bertz CT molecular complexity index is 547. The molecule has 1 saturated heterocycles. The maximum atomic E-state index is 6.21. The summed E-state index contributed by atoms with van der Waals surface area (Å²) in [6, 6.07) is 7.67. The Morgan fingerprint density at radius 3 is 2.84 bits per heavy atom. The molecule has 100 valence electrons. The minimum atomic E-state index is 0.631. The number of piperidine rings is 1. The van der Waals surface area contributed by atoms with Crippen LogP contribution in [0.3, 0.4) is 0 Å². The maximum Gasteiger partial charge on any atom is 0.183 e. The Labute approximate surface area is 117 Å². The van der Waals surface area contributed by atoms with E-state index in [1.165, 1.54) is 12.8 Å². The van der Waals surface area contributed by atoms with Gasteiger partial charge in [-0.05, 0) is 54.4 Å². The number of benzene rings is 1. The van der Waals surface area contributed by atoms with Gasteiger partial charge in [-0.2, -0.15) is 0 Å². The molecular formula is C13H16ClN5. The van der Waals surface area contributed by atoms with Crippen LogP contribution in [0.1, 0.15) is 12.8 Å². The summed E-state index contributed by atoms with van der Waals surface area (Å²) in [6.45, 7) is 3.01. The van der Waals surface area contributed by atoms with Crippen LogP contribution in [-0.4, -0.2) is 33.3 Å². The highest BCUT2D eigenvalue weighted by atomic mass is 35.5. The van der Waals surface area contributed by atoms with Crippen LogP contribution < -0.4 is 5.32 Å². The zero-order chi connectivity index (χ0) is 13.1. The molecule has 6 heteroatoms. The van der Waals surface area contributed by atoms with Gasteiger partial charge in [-0.15, -0.1) is 5.10 Å². The number of hydrogen-bond donors (Lipinski definition) is 1. The van der Waals surface area contributed by atoms with E-state index in [9.17, 15) is 0 Å². The lowest BCUT2D eigenvalue weighted by atomic mass is 9.98. The summed E-state index contributed by atoms with van der Waals surface area (Å²) in [5, 5.41) is 16.1. The summed E-state index contributed by atoms with van der Waals surface area (Å²) in [7, 11) is 0. The van der Waals surface area contributed by atoms with Gasteiger partial charge in [0.15, 0.2) is 5.82 Å². The van der Waals surface area contributed by atoms with E-state index in [0.29, 0.717) is 10.9 Å². The third-order valence-corrected chi connectivity index (χ3v) is 3.87. The zero-order valence-electron chi connectivity index (χ0n) is 10.6. The van der Waals surface area contributed by atoms with Crippen molar-refractivity contribution >= 4 is 11.6 Å². The number of tetrazole rings is 1. The molecule has 0 bridgehead atoms. The summed E-state index contributed by atoms with van der Waals surface area (Å²) in [5.41, 5.74) is 0.892. The molecule has 2 heterocycles. The van der Waals surface area contributed by atoms with Crippen molar-refractivity contribution in [3.8, 4) is 11.4 Å². The predicted octanol–water partition coefficient (Wildman–Crippen LogP) is 1.99. The second-order valence-electron chi connectivity index (χ2n) is 4.86. The minimum absolute atomic E-state index is 0.631. The van der Waals surface area contributed by atoms with Crippen molar-refractivity contribution in [2.45, 2.75) is 19.4 Å². The molecular weight excluding hydrogens is 262 g/mol. The second kappa shape index (κ2) is 5.67. The molecule has 0 amide bonds. The van der Waals surface area contributed by atoms with E-state index in [-0.39, 0.29) is 0 Å². The maximum absolute atomic E-state index is 6.21. The van der Waals surface area contributed by atoms with Crippen molar-refractivity contribution in [2.24, 2.45) is 5.92 Å². The van der Waals surface area contributed by atoms with Gasteiger partial charge in [0.05, 0.1) is 5.02 Å². The molecule has 0 saturated carbocycles. The quantitative estimate of drug-likeness (QED) is 0.932. The topological polar surface area (TPSA) is 55.6 Å². The molecule has 1 fully saturated rings. The Morgan fingerprint density at radius 1 is 1.26 bits per heavy atom. The van der Waals surface area contributed by atoms with Gasteiger partial charge in [-0.1, -0.05) is 23.7 Å². The van der Waals surface area contributed by atoms with Crippen LogP contribution in [-0.2, 0) is 6.54 Å². The number of hydrogen-bond acceptors (Lipinski definition) is 4. The average Bonchev–Trinajstić information content (AvgIpc) is 2.88. The third-order valence-electron chi connectivity index (χ3n) is 3.54. The number of nitrogens with one attached hydrogen (secondary N) is 1. The zero-order valence-corrected chi connectivity index (χ0v) is 11.3. The molecule has 3 rings (SSSR count). The smallest absolute Gasteiger partial charge is 0.183 e. The van der Waals surface area contributed by atoms with Gasteiger partial charge in [0.1, 0.15) is 0 Å². The molecule has 0 atom stereocenters. The molecule has 1 aromatic heterocycles. The summed E-state index contributed by atoms with van der Waals surface area (Å²) in [6.07, 6.45) is 2.34. The van der Waals surface area contributed by atoms with Gasteiger partial charge in [0.25, 0.3) is 0 Å². The van der Waals surface area contributed by atoms with Gasteiger partial charge in [0.2, 0.25) is 0 Å². The Kier molecular flexibility index (Phi) is 3.75. The molecule has 1 aromatic carbocycles. The third kappa shape index (κ3) is 2.77. The average molecular weight is 278 g/mol. The highest BCUT2D eigenvalue weighted by molar-refractivity contribution is 6.33. The van der Waals surface area contributed by atoms with Gasteiger partial charge in [-0.3, -0.25) is 0 Å². The molecule has 0 radical (unpaired) electrons. The van der Waals surface area contributed by atoms with E-state index in [1.807, 2.05) is 28.9 Å². The van der Waals surface area contributed by atoms with Crippen LogP contribution in [0.2, 0.25) is 5.02 Å². The lowest BCUT2D eigenvalue weighted by molar-refractivity contribution is 0.320. The summed E-state index contributed by atoms with van der Waals surface area (Å²) in [4.78, 5) is 0. The van der Waals surface area contributed by atoms with E-state index in [2.05, 4.69) is 20.8 Å². The molecule has 0 aliphatic carbocycles. The molecule has 0 spiro atoms. The molecule has 1 N–H and O–H groups in total. The number of rotatable bonds is 3. The van der Waals surface area contributed by atoms with E-state index in [0.717, 1.165) is 31.0 Å². The Morgan fingerprint density at radius 2 is 2.05 bits per heavy atom. The molecule has 1 aliphatic heterocycles. The number of halogens is 1. The SMILES string of the molecule is Clc1ccccc1-c1nnnn1CC1CCNCC1. The first kappa shape index (κ1) is 12.6. The van der Waals surface area contributed by atoms with E-state index in [4.69, 9.17) is 11.6 Å². The van der Waals surface area contributed by atoms with E-state index in [1.54, 1.807) is 0 Å². The molecule has 1 aliphatic rings. The standard InChI is InChI=1S/C13H16ClN5/c14-12-4-2-1-3-11(12)13-16-17-18-19(13)9-10-5-7-15-8-6-10/h1-4,10,15H,5-9H2. The summed E-state index contributed by atoms with van der Waals surface area (Å²) >= 11 is 6.21. The largest absolute Gasteiger partial charge is 0.317 e. The number of nitrogens with zero attached hydrogens (tertiary/aromatic N) is 4. The van der Waals surface area contributed by atoms with Crippen molar-refractivity contribution in [1.82, 2.24) is 25.5 Å². The van der Waals surface area contributed by atoms with Crippen LogP contribution in [0.5, 0.6) is 0 Å². The normalized spacial score (nSPS) is 16.7. The highest BCUT2D eigenvalue weighted by Crippen LogP contribution is 2.26. The van der Waals surface area contributed by atoms with Crippen LogP contribution in [0.15, 0.2) is 24.3 Å². The van der Waals surface area contributed by atoms with Gasteiger partial charge in [-0.25, -0.2) is 4.68 Å². The minimum Gasteiger partial charge on any atom is -0.317 e. The fourth-order valence-electron chi connectivity index (χ4n) is 2.47. The van der Waals surface area contributed by atoms with Crippen molar-refractivity contribution in [2.75, 3.05) is 13.1 Å². The predicted molar refractivity (Wildman–Crippen MR) is 73.9 cm³/mol. The lowest BCUT2D eigenvalue weighted by Crippen LogP contribution is -2.30. The van der Waals surface area contributed by atoms with E-state index >= 15 is 0 Å². The number of aromatic nitrogens is 4.